The summed E-state index contributed by atoms with van der Waals surface area (Å²) in [6, 6.07) is 10.2. The van der Waals surface area contributed by atoms with Crippen molar-refractivity contribution in [3.8, 4) is 0 Å². The highest BCUT2D eigenvalue weighted by Crippen LogP contribution is 2.37. The summed E-state index contributed by atoms with van der Waals surface area (Å²) in [5.41, 5.74) is 1.89. The van der Waals surface area contributed by atoms with Crippen LogP contribution in [0, 0.1) is 5.92 Å². The van der Waals surface area contributed by atoms with Gasteiger partial charge in [0, 0.05) is 6.54 Å². The molecule has 0 spiro atoms. The van der Waals surface area contributed by atoms with E-state index in [0.717, 1.165) is 11.1 Å². The Bertz CT molecular complexity index is 1060. The Kier molecular flexibility index (Phi) is 10.4. The SMILES string of the molecule is CCNC(C)C(=O)NC(C(=O)N1Cc2ccccc2[C@H]1C(=O)Nc1c(Cl)cccc1Cl)C(C)C.Cl. The number of carbonyl (C=O) groups excluding carboxylic acids is 3. The minimum Gasteiger partial charge on any atom is -0.343 e. The highest BCUT2D eigenvalue weighted by molar-refractivity contribution is 6.39. The third-order valence-corrected chi connectivity index (χ3v) is 6.51. The summed E-state index contributed by atoms with van der Waals surface area (Å²) in [7, 11) is 0. The van der Waals surface area contributed by atoms with Crippen LogP contribution in [0.15, 0.2) is 42.5 Å². The molecule has 0 aliphatic carbocycles. The molecule has 0 radical (unpaired) electrons. The Morgan fingerprint density at radius 2 is 1.66 bits per heavy atom. The quantitative estimate of drug-likeness (QED) is 0.456. The van der Waals surface area contributed by atoms with Gasteiger partial charge in [-0.3, -0.25) is 14.4 Å². The molecule has 2 unspecified atom stereocenters. The van der Waals surface area contributed by atoms with E-state index >= 15 is 0 Å². The third kappa shape index (κ3) is 6.47. The summed E-state index contributed by atoms with van der Waals surface area (Å²) < 4.78 is 0. The van der Waals surface area contributed by atoms with E-state index in [1.165, 1.54) is 4.90 Å². The van der Waals surface area contributed by atoms with Gasteiger partial charge in [-0.15, -0.1) is 12.4 Å². The average Bonchev–Trinajstić information content (AvgIpc) is 3.19. The molecule has 3 N–H and O–H groups in total. The number of rotatable bonds is 8. The number of hydrogen-bond acceptors (Lipinski definition) is 4. The van der Waals surface area contributed by atoms with Crippen LogP contribution in [0.5, 0.6) is 0 Å². The van der Waals surface area contributed by atoms with Crippen LogP contribution in [-0.2, 0) is 20.9 Å². The number of halogens is 3. The van der Waals surface area contributed by atoms with Crippen LogP contribution in [0.2, 0.25) is 10.0 Å². The number of nitrogens with one attached hydrogen (secondary N) is 3. The van der Waals surface area contributed by atoms with Gasteiger partial charge < -0.3 is 20.9 Å². The zero-order valence-corrected chi connectivity index (χ0v) is 22.4. The van der Waals surface area contributed by atoms with Crippen molar-refractivity contribution < 1.29 is 14.4 Å². The second-order valence-electron chi connectivity index (χ2n) is 8.66. The first-order valence-electron chi connectivity index (χ1n) is 11.3. The maximum Gasteiger partial charge on any atom is 0.251 e. The lowest BCUT2D eigenvalue weighted by Crippen LogP contribution is -2.55. The Morgan fingerprint density at radius 3 is 2.26 bits per heavy atom. The number of likely N-dealkylation sites (N-methyl/N-ethyl adjacent to an activating group) is 1. The molecule has 1 aliphatic heterocycles. The zero-order valence-electron chi connectivity index (χ0n) is 20.1. The smallest absolute Gasteiger partial charge is 0.251 e. The minimum absolute atomic E-state index is 0. The summed E-state index contributed by atoms with van der Waals surface area (Å²) in [4.78, 5) is 41.4. The second kappa shape index (κ2) is 12.6. The van der Waals surface area contributed by atoms with Gasteiger partial charge in [-0.25, -0.2) is 0 Å². The van der Waals surface area contributed by atoms with Crippen molar-refractivity contribution in [1.82, 2.24) is 15.5 Å². The van der Waals surface area contributed by atoms with Gasteiger partial charge in [0.2, 0.25) is 11.8 Å². The summed E-state index contributed by atoms with van der Waals surface area (Å²) in [5, 5.41) is 9.31. The van der Waals surface area contributed by atoms with E-state index < -0.39 is 24.0 Å². The Labute approximate surface area is 222 Å². The van der Waals surface area contributed by atoms with E-state index in [1.54, 1.807) is 25.1 Å². The van der Waals surface area contributed by atoms with Crippen LogP contribution in [0.3, 0.4) is 0 Å². The van der Waals surface area contributed by atoms with Crippen molar-refractivity contribution in [2.45, 2.75) is 52.4 Å². The molecule has 0 bridgehead atoms. The average molecular weight is 542 g/mol. The van der Waals surface area contributed by atoms with Gasteiger partial charge in [0.1, 0.15) is 12.1 Å². The van der Waals surface area contributed by atoms with Crippen LogP contribution < -0.4 is 16.0 Å². The second-order valence-corrected chi connectivity index (χ2v) is 9.48. The molecule has 2 aromatic rings. The predicted molar refractivity (Wildman–Crippen MR) is 142 cm³/mol. The molecular formula is C25H31Cl3N4O3. The molecule has 0 fully saturated rings. The van der Waals surface area contributed by atoms with Gasteiger partial charge >= 0.3 is 0 Å². The van der Waals surface area contributed by atoms with Crippen molar-refractivity contribution in [3.63, 3.8) is 0 Å². The van der Waals surface area contributed by atoms with Crippen molar-refractivity contribution >= 4 is 59.0 Å². The molecule has 3 atom stereocenters. The Hall–Kier alpha value is -2.32. The van der Waals surface area contributed by atoms with Gasteiger partial charge in [-0.2, -0.15) is 0 Å². The first-order chi connectivity index (χ1) is 16.1. The lowest BCUT2D eigenvalue weighted by atomic mass is 10.0. The molecule has 190 valence electrons. The fraction of sp³-hybridized carbons (Fsp3) is 0.400. The van der Waals surface area contributed by atoms with E-state index in [9.17, 15) is 14.4 Å². The fourth-order valence-electron chi connectivity index (χ4n) is 4.05. The van der Waals surface area contributed by atoms with Crippen LogP contribution in [-0.4, -0.2) is 41.2 Å². The van der Waals surface area contributed by atoms with E-state index in [0.29, 0.717) is 22.3 Å². The first kappa shape index (κ1) is 28.9. The molecule has 7 nitrogen and oxygen atoms in total. The minimum atomic E-state index is -0.889. The van der Waals surface area contributed by atoms with Crippen molar-refractivity contribution in [2.24, 2.45) is 5.92 Å². The number of hydrogen-bond donors (Lipinski definition) is 3. The fourth-order valence-corrected chi connectivity index (χ4v) is 4.55. The number of fused-ring (bicyclic) bond motifs is 1. The summed E-state index contributed by atoms with van der Waals surface area (Å²) >= 11 is 12.5. The number of amides is 3. The first-order valence-corrected chi connectivity index (χ1v) is 12.1. The van der Waals surface area contributed by atoms with Crippen LogP contribution in [0.4, 0.5) is 5.69 Å². The topological polar surface area (TPSA) is 90.5 Å². The van der Waals surface area contributed by atoms with Gasteiger partial charge in [0.05, 0.1) is 21.8 Å². The summed E-state index contributed by atoms with van der Waals surface area (Å²) in [6.07, 6.45) is 0. The van der Waals surface area contributed by atoms with Gasteiger partial charge in [0.15, 0.2) is 0 Å². The lowest BCUT2D eigenvalue weighted by Gasteiger charge is -2.31. The van der Waals surface area contributed by atoms with Crippen molar-refractivity contribution in [1.29, 1.82) is 0 Å². The molecule has 2 aromatic carbocycles. The third-order valence-electron chi connectivity index (χ3n) is 5.88. The maximum absolute atomic E-state index is 13.7. The summed E-state index contributed by atoms with van der Waals surface area (Å²) in [5.74, 6) is -1.21. The molecule has 0 saturated heterocycles. The number of nitrogens with zero attached hydrogens (tertiary/aromatic N) is 1. The Balaban J connectivity index is 0.00000432. The highest BCUT2D eigenvalue weighted by Gasteiger charge is 2.42. The predicted octanol–water partition coefficient (Wildman–Crippen LogP) is 4.58. The highest BCUT2D eigenvalue weighted by atomic mass is 35.5. The molecule has 0 saturated carbocycles. The number of carbonyl (C=O) groups is 3. The standard InChI is InChI=1S/C25H30Cl2N4O3.ClH/c1-5-28-15(4)23(32)29-20(14(2)3)25(34)31-13-16-9-6-7-10-17(16)22(31)24(33)30-21-18(26)11-8-12-19(21)27;/h6-12,14-15,20,22,28H,5,13H2,1-4H3,(H,29,32)(H,30,33);1H/t15?,20?,22-;/m0./s1. The normalized spacial score (nSPS) is 16.2. The molecule has 3 rings (SSSR count). The van der Waals surface area contributed by atoms with E-state index in [2.05, 4.69) is 16.0 Å². The van der Waals surface area contributed by atoms with E-state index in [1.807, 2.05) is 45.0 Å². The van der Waals surface area contributed by atoms with Crippen LogP contribution in [0.1, 0.15) is 44.9 Å². The molecule has 3 amide bonds. The molecule has 1 aliphatic rings. The van der Waals surface area contributed by atoms with Crippen LogP contribution >= 0.6 is 35.6 Å². The van der Waals surface area contributed by atoms with Crippen molar-refractivity contribution in [2.75, 3.05) is 11.9 Å². The number of para-hydroxylation sites is 1. The lowest BCUT2D eigenvalue weighted by molar-refractivity contribution is -0.143. The maximum atomic E-state index is 13.7. The number of anilines is 1. The van der Waals surface area contributed by atoms with Gasteiger partial charge in [-0.05, 0) is 42.6 Å². The van der Waals surface area contributed by atoms with Crippen LogP contribution in [0.25, 0.3) is 0 Å². The molecular weight excluding hydrogens is 511 g/mol. The molecule has 10 heteroatoms. The zero-order chi connectivity index (χ0) is 25.0. The Morgan fingerprint density at radius 1 is 1.03 bits per heavy atom. The van der Waals surface area contributed by atoms with E-state index in [4.69, 9.17) is 23.2 Å². The van der Waals surface area contributed by atoms with Crippen molar-refractivity contribution in [3.05, 3.63) is 63.6 Å². The molecule has 1 heterocycles. The summed E-state index contributed by atoms with van der Waals surface area (Å²) in [6.45, 7) is 8.26. The largest absolute Gasteiger partial charge is 0.343 e. The van der Waals surface area contributed by atoms with E-state index in [-0.39, 0.29) is 36.7 Å². The number of benzene rings is 2. The molecule has 0 aromatic heterocycles. The monoisotopic (exact) mass is 540 g/mol. The molecule has 35 heavy (non-hydrogen) atoms. The van der Waals surface area contributed by atoms with Gasteiger partial charge in [-0.1, -0.05) is 74.3 Å². The van der Waals surface area contributed by atoms with Gasteiger partial charge in [0.25, 0.3) is 5.91 Å².